The molecule has 0 bridgehead atoms. The van der Waals surface area contributed by atoms with Gasteiger partial charge in [0.1, 0.15) is 5.75 Å². The third-order valence-corrected chi connectivity index (χ3v) is 5.49. The first kappa shape index (κ1) is 18.2. The lowest BCUT2D eigenvalue weighted by atomic mass is 10.0. The summed E-state index contributed by atoms with van der Waals surface area (Å²) in [6, 6.07) is 12.1. The van der Waals surface area contributed by atoms with Gasteiger partial charge in [0.25, 0.3) is 0 Å². The molecule has 0 spiro atoms. The van der Waals surface area contributed by atoms with Crippen molar-refractivity contribution in [1.82, 2.24) is 14.5 Å². The van der Waals surface area contributed by atoms with Crippen LogP contribution in [0.5, 0.6) is 5.75 Å². The molecule has 0 radical (unpaired) electrons. The van der Waals surface area contributed by atoms with Crippen molar-refractivity contribution < 1.29 is 14.1 Å². The highest BCUT2D eigenvalue weighted by Gasteiger charge is 2.25. The van der Waals surface area contributed by atoms with E-state index in [1.807, 2.05) is 18.2 Å². The lowest BCUT2D eigenvalue weighted by Gasteiger charge is -2.09. The molecule has 0 saturated carbocycles. The first-order valence-corrected chi connectivity index (χ1v) is 9.54. The Balaban J connectivity index is 1.72. The Bertz CT molecular complexity index is 1320. The summed E-state index contributed by atoms with van der Waals surface area (Å²) in [5, 5.41) is 12.3. The van der Waals surface area contributed by atoms with Gasteiger partial charge in [0, 0.05) is 47.0 Å². The summed E-state index contributed by atoms with van der Waals surface area (Å²) in [7, 11) is 1.38. The molecule has 5 rings (SSSR count). The lowest BCUT2D eigenvalue weighted by Crippen LogP contribution is -1.99. The van der Waals surface area contributed by atoms with Gasteiger partial charge in [-0.15, -0.1) is 0 Å². The van der Waals surface area contributed by atoms with Gasteiger partial charge in [-0.3, -0.25) is 10.1 Å². The highest BCUT2D eigenvalue weighted by molar-refractivity contribution is 5.97. The van der Waals surface area contributed by atoms with E-state index in [9.17, 15) is 14.5 Å². The van der Waals surface area contributed by atoms with Crippen molar-refractivity contribution in [2.75, 3.05) is 7.11 Å². The second-order valence-electron chi connectivity index (χ2n) is 7.12. The number of halogens is 1. The van der Waals surface area contributed by atoms with E-state index in [2.05, 4.69) is 21.7 Å². The number of rotatable bonds is 4. The van der Waals surface area contributed by atoms with Crippen molar-refractivity contribution in [3.8, 4) is 28.4 Å². The number of hydrogen-bond acceptors (Lipinski definition) is 5. The van der Waals surface area contributed by atoms with Crippen LogP contribution >= 0.6 is 0 Å². The van der Waals surface area contributed by atoms with Crippen molar-refractivity contribution in [1.29, 1.82) is 0 Å². The van der Waals surface area contributed by atoms with Crippen molar-refractivity contribution in [2.24, 2.45) is 0 Å². The number of aryl methyl sites for hydroxylation is 1. The minimum Gasteiger partial charge on any atom is -0.496 e. The standard InChI is InChI=1S/C22H17FN4O3/c1-30-20-12-15(23)19(27(28)29)11-14(20)22-24-9-8-16(25-22)21-13-5-2-3-6-17(13)26-10-4-7-18(21)26/h2-3,5-6,8-9,11-12H,4,7,10H2,1H3. The fraction of sp³-hybridized carbons (Fsp3) is 0.182. The van der Waals surface area contributed by atoms with Crippen LogP contribution in [-0.2, 0) is 13.0 Å². The molecule has 150 valence electrons. The SMILES string of the molecule is COc1cc(F)c([N+](=O)[O-])cc1-c1nccc(-c2c3n(c4ccccc24)CCC3)n1. The van der Waals surface area contributed by atoms with E-state index >= 15 is 0 Å². The number of methoxy groups -OCH3 is 1. The fourth-order valence-corrected chi connectivity index (χ4v) is 4.22. The molecular weight excluding hydrogens is 387 g/mol. The summed E-state index contributed by atoms with van der Waals surface area (Å²) in [6.07, 6.45) is 3.64. The average Bonchev–Trinajstić information content (AvgIpc) is 3.34. The average molecular weight is 404 g/mol. The van der Waals surface area contributed by atoms with E-state index in [4.69, 9.17) is 9.72 Å². The third-order valence-electron chi connectivity index (χ3n) is 5.49. The van der Waals surface area contributed by atoms with Crippen LogP contribution in [0.3, 0.4) is 0 Å². The minimum absolute atomic E-state index is 0.141. The number of para-hydroxylation sites is 1. The Morgan fingerprint density at radius 2 is 2.07 bits per heavy atom. The quantitative estimate of drug-likeness (QED) is 0.361. The number of hydrogen-bond donors (Lipinski definition) is 0. The molecule has 0 amide bonds. The van der Waals surface area contributed by atoms with Gasteiger partial charge in [-0.25, -0.2) is 9.97 Å². The van der Waals surface area contributed by atoms with Crippen molar-refractivity contribution >= 4 is 16.6 Å². The predicted molar refractivity (Wildman–Crippen MR) is 110 cm³/mol. The van der Waals surface area contributed by atoms with Gasteiger partial charge >= 0.3 is 5.69 Å². The molecular formula is C22H17FN4O3. The van der Waals surface area contributed by atoms with Crippen LogP contribution in [0.2, 0.25) is 0 Å². The lowest BCUT2D eigenvalue weighted by molar-refractivity contribution is -0.387. The topological polar surface area (TPSA) is 83.1 Å². The van der Waals surface area contributed by atoms with Gasteiger partial charge in [-0.2, -0.15) is 4.39 Å². The number of nitro benzene ring substituents is 1. The monoisotopic (exact) mass is 404 g/mol. The first-order valence-electron chi connectivity index (χ1n) is 9.54. The van der Waals surface area contributed by atoms with E-state index in [0.717, 1.165) is 53.7 Å². The van der Waals surface area contributed by atoms with Gasteiger partial charge in [0.15, 0.2) is 5.82 Å². The van der Waals surface area contributed by atoms with Crippen molar-refractivity contribution in [3.63, 3.8) is 0 Å². The number of nitrogens with zero attached hydrogens (tertiary/aromatic N) is 4. The van der Waals surface area contributed by atoms with E-state index < -0.39 is 16.4 Å². The Hall–Kier alpha value is -3.81. The second kappa shape index (κ2) is 6.91. The summed E-state index contributed by atoms with van der Waals surface area (Å²) in [5.74, 6) is -0.579. The van der Waals surface area contributed by atoms with Gasteiger partial charge < -0.3 is 9.30 Å². The molecule has 7 nitrogen and oxygen atoms in total. The molecule has 3 heterocycles. The molecule has 0 saturated heterocycles. The van der Waals surface area contributed by atoms with Gasteiger partial charge in [0.05, 0.1) is 23.3 Å². The molecule has 4 aromatic rings. The van der Waals surface area contributed by atoms with E-state index in [-0.39, 0.29) is 17.1 Å². The third kappa shape index (κ3) is 2.72. The second-order valence-corrected chi connectivity index (χ2v) is 7.12. The molecule has 0 N–H and O–H groups in total. The molecule has 8 heteroatoms. The van der Waals surface area contributed by atoms with Gasteiger partial charge in [-0.1, -0.05) is 18.2 Å². The highest BCUT2D eigenvalue weighted by Crippen LogP contribution is 2.39. The number of nitro groups is 1. The summed E-state index contributed by atoms with van der Waals surface area (Å²) < 4.78 is 21.6. The van der Waals surface area contributed by atoms with Crippen LogP contribution in [0.15, 0.2) is 48.7 Å². The van der Waals surface area contributed by atoms with Crippen LogP contribution in [-0.4, -0.2) is 26.6 Å². The number of benzene rings is 2. The smallest absolute Gasteiger partial charge is 0.305 e. The normalized spacial score (nSPS) is 12.9. The molecule has 30 heavy (non-hydrogen) atoms. The molecule has 1 aliphatic rings. The van der Waals surface area contributed by atoms with Crippen LogP contribution in [0.4, 0.5) is 10.1 Å². The Labute approximate surface area is 170 Å². The zero-order valence-corrected chi connectivity index (χ0v) is 16.1. The Morgan fingerprint density at radius 3 is 2.87 bits per heavy atom. The zero-order chi connectivity index (χ0) is 20.8. The fourth-order valence-electron chi connectivity index (χ4n) is 4.22. The summed E-state index contributed by atoms with van der Waals surface area (Å²) in [6.45, 7) is 0.964. The Kier molecular flexibility index (Phi) is 4.20. The molecule has 0 unspecified atom stereocenters. The maximum atomic E-state index is 14.0. The molecule has 0 atom stereocenters. The van der Waals surface area contributed by atoms with E-state index in [0.29, 0.717) is 0 Å². The molecule has 2 aromatic heterocycles. The van der Waals surface area contributed by atoms with E-state index in [1.165, 1.54) is 12.8 Å². The number of aromatic nitrogens is 3. The summed E-state index contributed by atoms with van der Waals surface area (Å²) in [4.78, 5) is 19.4. The summed E-state index contributed by atoms with van der Waals surface area (Å²) in [5.41, 5.74) is 3.78. The summed E-state index contributed by atoms with van der Waals surface area (Å²) >= 11 is 0. The maximum Gasteiger partial charge on any atom is 0.305 e. The first-order chi connectivity index (χ1) is 14.6. The number of ether oxygens (including phenoxy) is 1. The predicted octanol–water partition coefficient (Wildman–Crippen LogP) is 4.77. The molecule has 1 aliphatic heterocycles. The van der Waals surface area contributed by atoms with Crippen molar-refractivity contribution in [3.05, 3.63) is 70.3 Å². The molecule has 0 fully saturated rings. The molecule has 0 aliphatic carbocycles. The largest absolute Gasteiger partial charge is 0.496 e. The van der Waals surface area contributed by atoms with Crippen LogP contribution in [0, 0.1) is 15.9 Å². The minimum atomic E-state index is -0.965. The zero-order valence-electron chi connectivity index (χ0n) is 16.1. The van der Waals surface area contributed by atoms with E-state index in [1.54, 1.807) is 6.20 Å². The maximum absolute atomic E-state index is 14.0. The molecule has 2 aromatic carbocycles. The van der Waals surface area contributed by atoms with Gasteiger partial charge in [-0.05, 0) is 25.0 Å². The van der Waals surface area contributed by atoms with Crippen LogP contribution in [0.25, 0.3) is 33.5 Å². The van der Waals surface area contributed by atoms with Crippen LogP contribution < -0.4 is 4.74 Å². The highest BCUT2D eigenvalue weighted by atomic mass is 19.1. The van der Waals surface area contributed by atoms with Crippen LogP contribution in [0.1, 0.15) is 12.1 Å². The van der Waals surface area contributed by atoms with Crippen molar-refractivity contribution in [2.45, 2.75) is 19.4 Å². The van der Waals surface area contributed by atoms with Gasteiger partial charge in [0.2, 0.25) is 5.82 Å². The number of fused-ring (bicyclic) bond motifs is 3. The Morgan fingerprint density at radius 1 is 1.23 bits per heavy atom.